The Morgan fingerprint density at radius 2 is 1.62 bits per heavy atom. The molecule has 4 nitrogen and oxygen atoms in total. The van der Waals surface area contributed by atoms with Crippen molar-refractivity contribution in [3.63, 3.8) is 0 Å². The topological polar surface area (TPSA) is 52.6 Å². The van der Waals surface area contributed by atoms with Gasteiger partial charge in [-0.3, -0.25) is 9.59 Å². The van der Waals surface area contributed by atoms with Crippen molar-refractivity contribution in [2.75, 3.05) is 14.2 Å². The maximum absolute atomic E-state index is 11.6. The van der Waals surface area contributed by atoms with Gasteiger partial charge in [0.1, 0.15) is 0 Å². The number of methoxy groups -OCH3 is 2. The molecule has 21 heavy (non-hydrogen) atoms. The molecule has 2 aromatic carbocycles. The summed E-state index contributed by atoms with van der Waals surface area (Å²) in [7, 11) is 2.52. The van der Waals surface area contributed by atoms with Gasteiger partial charge in [-0.25, -0.2) is 0 Å². The third kappa shape index (κ3) is 3.76. The van der Waals surface area contributed by atoms with E-state index >= 15 is 0 Å². The zero-order valence-corrected chi connectivity index (χ0v) is 12.7. The predicted molar refractivity (Wildman–Crippen MR) is 83.1 cm³/mol. The number of thioether (sulfide) groups is 1. The summed E-state index contributed by atoms with van der Waals surface area (Å²) in [5.41, 5.74) is 1.04. The maximum Gasteiger partial charge on any atom is 0.330 e. The van der Waals surface area contributed by atoms with E-state index in [9.17, 15) is 9.59 Å². The lowest BCUT2D eigenvalue weighted by molar-refractivity contribution is -0.150. The molecule has 0 aliphatic heterocycles. The van der Waals surface area contributed by atoms with E-state index in [0.29, 0.717) is 5.75 Å². The second-order valence-electron chi connectivity index (χ2n) is 4.42. The molecule has 0 saturated carbocycles. The van der Waals surface area contributed by atoms with E-state index < -0.39 is 17.2 Å². The lowest BCUT2D eigenvalue weighted by Gasteiger charge is -2.12. The molecule has 110 valence electrons. The van der Waals surface area contributed by atoms with Gasteiger partial charge in [-0.05, 0) is 16.3 Å². The zero-order valence-electron chi connectivity index (χ0n) is 11.9. The first-order valence-electron chi connectivity index (χ1n) is 6.40. The van der Waals surface area contributed by atoms with Crippen LogP contribution in [0.25, 0.3) is 10.8 Å². The second-order valence-corrected chi connectivity index (χ2v) is 5.51. The fraction of sp³-hybridized carbons (Fsp3) is 0.250. The van der Waals surface area contributed by atoms with Crippen molar-refractivity contribution in [1.29, 1.82) is 0 Å². The van der Waals surface area contributed by atoms with Crippen molar-refractivity contribution in [3.05, 3.63) is 48.0 Å². The smallest absolute Gasteiger partial charge is 0.330 e. The molecule has 0 atom stereocenters. The van der Waals surface area contributed by atoms with Gasteiger partial charge in [0, 0.05) is 5.75 Å². The number of rotatable bonds is 5. The van der Waals surface area contributed by atoms with Crippen LogP contribution in [0.4, 0.5) is 0 Å². The highest BCUT2D eigenvalue weighted by Gasteiger charge is 2.29. The molecule has 0 fully saturated rings. The Bertz CT molecular complexity index is 638. The van der Waals surface area contributed by atoms with E-state index in [1.54, 1.807) is 0 Å². The van der Waals surface area contributed by atoms with E-state index in [0.717, 1.165) is 16.3 Å². The number of benzene rings is 2. The minimum atomic E-state index is -0.952. The molecule has 0 N–H and O–H groups in total. The van der Waals surface area contributed by atoms with Gasteiger partial charge in [0.05, 0.1) is 14.2 Å². The molecule has 0 saturated heterocycles. The molecular weight excluding hydrogens is 288 g/mol. The highest BCUT2D eigenvalue weighted by Crippen LogP contribution is 2.23. The van der Waals surface area contributed by atoms with Crippen LogP contribution in [-0.4, -0.2) is 31.4 Å². The van der Waals surface area contributed by atoms with Crippen LogP contribution in [0.2, 0.25) is 0 Å². The highest BCUT2D eigenvalue weighted by atomic mass is 32.2. The van der Waals surface area contributed by atoms with Gasteiger partial charge in [0.2, 0.25) is 0 Å². The van der Waals surface area contributed by atoms with Gasteiger partial charge in [0.25, 0.3) is 0 Å². The Morgan fingerprint density at radius 1 is 1.00 bits per heavy atom. The van der Waals surface area contributed by atoms with Gasteiger partial charge >= 0.3 is 11.9 Å². The van der Waals surface area contributed by atoms with Crippen molar-refractivity contribution in [2.24, 2.45) is 0 Å². The average Bonchev–Trinajstić information content (AvgIpc) is 2.54. The van der Waals surface area contributed by atoms with Crippen LogP contribution in [0.15, 0.2) is 42.5 Å². The van der Waals surface area contributed by atoms with E-state index in [1.807, 2.05) is 42.5 Å². The van der Waals surface area contributed by atoms with Crippen LogP contribution in [0.5, 0.6) is 0 Å². The summed E-state index contributed by atoms with van der Waals surface area (Å²) in [6, 6.07) is 14.1. The molecule has 0 bridgehead atoms. The van der Waals surface area contributed by atoms with Crippen molar-refractivity contribution in [1.82, 2.24) is 0 Å². The van der Waals surface area contributed by atoms with Crippen LogP contribution in [0, 0.1) is 0 Å². The molecule has 0 unspecified atom stereocenters. The summed E-state index contributed by atoms with van der Waals surface area (Å²) in [6.45, 7) is 0. The lowest BCUT2D eigenvalue weighted by Crippen LogP contribution is -2.29. The molecule has 0 aromatic heterocycles. The van der Waals surface area contributed by atoms with Gasteiger partial charge in [0.15, 0.2) is 5.25 Å². The average molecular weight is 304 g/mol. The predicted octanol–water partition coefficient (Wildman–Crippen LogP) is 2.79. The number of ether oxygens (including phenoxy) is 2. The fourth-order valence-electron chi connectivity index (χ4n) is 1.95. The van der Waals surface area contributed by atoms with Gasteiger partial charge in [-0.1, -0.05) is 42.5 Å². The molecule has 0 heterocycles. The minimum Gasteiger partial charge on any atom is -0.468 e. The Balaban J connectivity index is 2.11. The van der Waals surface area contributed by atoms with Crippen LogP contribution in [-0.2, 0) is 24.8 Å². The SMILES string of the molecule is COC(=O)C(SCc1ccc2ccccc2c1)C(=O)OC. The molecule has 0 radical (unpaired) electrons. The van der Waals surface area contributed by atoms with Crippen LogP contribution < -0.4 is 0 Å². The molecule has 0 spiro atoms. The number of hydrogen-bond donors (Lipinski definition) is 0. The monoisotopic (exact) mass is 304 g/mol. The van der Waals surface area contributed by atoms with Crippen molar-refractivity contribution in [3.8, 4) is 0 Å². The summed E-state index contributed by atoms with van der Waals surface area (Å²) in [5, 5.41) is 1.33. The Morgan fingerprint density at radius 3 is 2.24 bits per heavy atom. The summed E-state index contributed by atoms with van der Waals surface area (Å²) >= 11 is 1.20. The van der Waals surface area contributed by atoms with Crippen LogP contribution in [0.3, 0.4) is 0 Å². The van der Waals surface area contributed by atoms with Crippen LogP contribution in [0.1, 0.15) is 5.56 Å². The molecule has 0 aliphatic rings. The Kier molecular flexibility index (Phi) is 5.22. The summed E-state index contributed by atoms with van der Waals surface area (Å²) in [5.74, 6) is -0.653. The number of hydrogen-bond acceptors (Lipinski definition) is 5. The summed E-state index contributed by atoms with van der Waals surface area (Å²) < 4.78 is 9.27. The van der Waals surface area contributed by atoms with Gasteiger partial charge in [-0.15, -0.1) is 11.8 Å². The molecule has 2 rings (SSSR count). The minimum absolute atomic E-state index is 0.527. The Labute approximate surface area is 127 Å². The fourth-order valence-corrected chi connectivity index (χ4v) is 2.96. The first kappa shape index (κ1) is 15.4. The Hall–Kier alpha value is -2.01. The normalized spacial score (nSPS) is 10.6. The molecule has 2 aromatic rings. The molecule has 0 aliphatic carbocycles. The number of carbonyl (C=O) groups excluding carboxylic acids is 2. The number of esters is 2. The highest BCUT2D eigenvalue weighted by molar-refractivity contribution is 8.00. The second kappa shape index (κ2) is 7.13. The zero-order chi connectivity index (χ0) is 15.2. The molecule has 5 heteroatoms. The number of carbonyl (C=O) groups is 2. The quantitative estimate of drug-likeness (QED) is 0.628. The third-order valence-corrected chi connectivity index (χ3v) is 4.28. The molecule has 0 amide bonds. The van der Waals surface area contributed by atoms with Crippen molar-refractivity contribution >= 4 is 34.5 Å². The summed E-state index contributed by atoms with van der Waals surface area (Å²) in [6.07, 6.45) is 0. The first-order chi connectivity index (χ1) is 10.2. The van der Waals surface area contributed by atoms with Gasteiger partial charge < -0.3 is 9.47 Å². The first-order valence-corrected chi connectivity index (χ1v) is 7.45. The standard InChI is InChI=1S/C16H16O4S/c1-19-15(17)14(16(18)20-2)21-10-11-7-8-12-5-3-4-6-13(12)9-11/h3-9,14H,10H2,1-2H3. The van der Waals surface area contributed by atoms with Crippen molar-refractivity contribution in [2.45, 2.75) is 11.0 Å². The number of fused-ring (bicyclic) bond motifs is 1. The van der Waals surface area contributed by atoms with Crippen molar-refractivity contribution < 1.29 is 19.1 Å². The van der Waals surface area contributed by atoms with E-state index in [4.69, 9.17) is 0 Å². The largest absolute Gasteiger partial charge is 0.468 e. The van der Waals surface area contributed by atoms with E-state index in [-0.39, 0.29) is 0 Å². The molecular formula is C16H16O4S. The van der Waals surface area contributed by atoms with Crippen LogP contribution >= 0.6 is 11.8 Å². The van der Waals surface area contributed by atoms with Gasteiger partial charge in [-0.2, -0.15) is 0 Å². The van der Waals surface area contributed by atoms with E-state index in [1.165, 1.54) is 26.0 Å². The third-order valence-electron chi connectivity index (χ3n) is 3.06. The van der Waals surface area contributed by atoms with E-state index in [2.05, 4.69) is 9.47 Å². The summed E-state index contributed by atoms with van der Waals surface area (Å²) in [4.78, 5) is 23.2. The lowest BCUT2D eigenvalue weighted by atomic mass is 10.1. The maximum atomic E-state index is 11.6.